The molecule has 4 N–H and O–H groups in total. The largest absolute Gasteiger partial charge is 0.481 e. The van der Waals surface area contributed by atoms with Crippen LogP contribution in [0.3, 0.4) is 0 Å². The Hall–Kier alpha value is -2.15. The molecule has 1 aromatic carbocycles. The van der Waals surface area contributed by atoms with Crippen molar-refractivity contribution in [1.29, 1.82) is 0 Å². The number of likely N-dealkylation sites (tertiary alicyclic amines) is 1. The molecule has 0 aromatic heterocycles. The van der Waals surface area contributed by atoms with Crippen molar-refractivity contribution in [3.05, 3.63) is 35.9 Å². The number of nitrogens with two attached hydrogens (primary N) is 1. The van der Waals surface area contributed by atoms with Crippen LogP contribution in [0.15, 0.2) is 30.3 Å². The van der Waals surface area contributed by atoms with Gasteiger partial charge in [-0.25, -0.2) is 9.18 Å². The van der Waals surface area contributed by atoms with Gasteiger partial charge in [-0.3, -0.25) is 4.79 Å². The van der Waals surface area contributed by atoms with E-state index in [0.717, 1.165) is 30.6 Å². The van der Waals surface area contributed by atoms with Crippen LogP contribution in [0.5, 0.6) is 0 Å². The number of carboxylic acid groups (broad SMARTS) is 2. The molecule has 1 heterocycles. The summed E-state index contributed by atoms with van der Waals surface area (Å²) < 4.78 is 12.8. The first-order valence-electron chi connectivity index (χ1n) is 11.8. The summed E-state index contributed by atoms with van der Waals surface area (Å²) >= 11 is 0. The first-order valence-corrected chi connectivity index (χ1v) is 11.8. The number of nitrogens with zero attached hydrogens (tertiary/aromatic N) is 1. The number of hydrogen-bond acceptors (Lipinski definition) is 3. The number of rotatable bonds is 3. The van der Waals surface area contributed by atoms with E-state index in [4.69, 9.17) is 10.8 Å². The van der Waals surface area contributed by atoms with Crippen molar-refractivity contribution < 1.29 is 24.2 Å². The van der Waals surface area contributed by atoms with E-state index in [0.29, 0.717) is 18.9 Å². The van der Waals surface area contributed by atoms with Crippen molar-refractivity contribution in [3.8, 4) is 0 Å². The number of hydrogen-bond donors (Lipinski definition) is 3. The second-order valence-corrected chi connectivity index (χ2v) is 10.8. The van der Waals surface area contributed by atoms with Gasteiger partial charge in [0.15, 0.2) is 0 Å². The average Bonchev–Trinajstić information content (AvgIpc) is 2.76. The maximum Gasteiger partial charge on any atom is 0.407 e. The van der Waals surface area contributed by atoms with Crippen molar-refractivity contribution in [1.82, 2.24) is 4.90 Å². The summed E-state index contributed by atoms with van der Waals surface area (Å²) in [6.07, 6.45) is 5.61. The van der Waals surface area contributed by atoms with Crippen molar-refractivity contribution in [2.75, 3.05) is 13.1 Å². The first kappa shape index (κ1) is 23.0. The van der Waals surface area contributed by atoms with Crippen molar-refractivity contribution in [2.45, 2.75) is 75.9 Å². The Kier molecular flexibility index (Phi) is 5.99. The molecule has 7 heteroatoms. The Morgan fingerprint density at radius 2 is 1.84 bits per heavy atom. The number of carbonyl (C=O) groups is 2. The molecule has 5 aliphatic rings. The molecule has 6 nitrogen and oxygen atoms in total. The lowest BCUT2D eigenvalue weighted by Crippen LogP contribution is -2.60. The van der Waals surface area contributed by atoms with Gasteiger partial charge >= 0.3 is 12.1 Å². The van der Waals surface area contributed by atoms with E-state index >= 15 is 0 Å². The first-order chi connectivity index (χ1) is 15.1. The number of aliphatic carboxylic acids is 1. The van der Waals surface area contributed by atoms with Gasteiger partial charge in [0, 0.05) is 12.6 Å². The zero-order chi connectivity index (χ0) is 23.1. The van der Waals surface area contributed by atoms with E-state index in [1.807, 2.05) is 0 Å². The molecule has 4 bridgehead atoms. The Morgan fingerprint density at radius 3 is 2.44 bits per heavy atom. The third-order valence-electron chi connectivity index (χ3n) is 8.64. The summed E-state index contributed by atoms with van der Waals surface area (Å²) in [6.45, 7) is 2.52. The number of piperidine rings is 1. The smallest absolute Gasteiger partial charge is 0.407 e. The van der Waals surface area contributed by atoms with E-state index < -0.39 is 29.7 Å². The Bertz CT molecular complexity index is 867. The lowest BCUT2D eigenvalue weighted by molar-refractivity contribution is -0.179. The molecule has 6 atom stereocenters. The Labute approximate surface area is 189 Å². The number of halogens is 1. The van der Waals surface area contributed by atoms with Crippen LogP contribution in [-0.4, -0.2) is 52.5 Å². The van der Waals surface area contributed by atoms with Gasteiger partial charge in [-0.2, -0.15) is 0 Å². The molecular weight excluding hydrogens is 411 g/mol. The number of benzene rings is 1. The van der Waals surface area contributed by atoms with Crippen molar-refractivity contribution in [2.24, 2.45) is 22.5 Å². The highest BCUT2D eigenvalue weighted by Gasteiger charge is 2.65. The summed E-state index contributed by atoms with van der Waals surface area (Å²) in [6, 6.07) is 10.2. The van der Waals surface area contributed by atoms with Gasteiger partial charge in [0.05, 0.1) is 12.0 Å². The molecule has 4 unspecified atom stereocenters. The molecule has 4 saturated carbocycles. The fourth-order valence-corrected chi connectivity index (χ4v) is 7.48. The fourth-order valence-electron chi connectivity index (χ4n) is 7.48. The fraction of sp³-hybridized carbons (Fsp3) is 0.680. The average molecular weight is 447 g/mol. The monoisotopic (exact) mass is 446 g/mol. The summed E-state index contributed by atoms with van der Waals surface area (Å²) in [5.41, 5.74) is 6.67. The van der Waals surface area contributed by atoms with Crippen LogP contribution < -0.4 is 5.73 Å². The summed E-state index contributed by atoms with van der Waals surface area (Å²) in [4.78, 5) is 23.5. The van der Waals surface area contributed by atoms with E-state index in [1.54, 1.807) is 0 Å². The van der Waals surface area contributed by atoms with Crippen LogP contribution in [0.1, 0.15) is 63.9 Å². The minimum absolute atomic E-state index is 0.0868. The van der Waals surface area contributed by atoms with Gasteiger partial charge < -0.3 is 20.8 Å². The van der Waals surface area contributed by atoms with Crippen molar-refractivity contribution >= 4 is 12.1 Å². The summed E-state index contributed by atoms with van der Waals surface area (Å²) in [7, 11) is 0. The molecule has 32 heavy (non-hydrogen) atoms. The molecule has 0 radical (unpaired) electrons. The quantitative estimate of drug-likeness (QED) is 0.637. The molecule has 6 rings (SSSR count). The van der Waals surface area contributed by atoms with Gasteiger partial charge in [0.2, 0.25) is 0 Å². The molecule has 1 aliphatic heterocycles. The molecule has 1 saturated heterocycles. The second kappa shape index (κ2) is 8.32. The van der Waals surface area contributed by atoms with Crippen LogP contribution in [0.4, 0.5) is 9.18 Å². The highest BCUT2D eigenvalue weighted by atomic mass is 19.1. The van der Waals surface area contributed by atoms with Gasteiger partial charge in [0.1, 0.15) is 6.17 Å². The zero-order valence-corrected chi connectivity index (χ0v) is 18.8. The van der Waals surface area contributed by atoms with Crippen LogP contribution in [-0.2, 0) is 10.2 Å². The normalized spacial score (nSPS) is 39.8. The third-order valence-corrected chi connectivity index (χ3v) is 8.64. The molecular formula is C25H35FN2O4. The van der Waals surface area contributed by atoms with E-state index in [9.17, 15) is 19.1 Å². The van der Waals surface area contributed by atoms with Crippen LogP contribution in [0.2, 0.25) is 0 Å². The molecule has 0 spiro atoms. The molecule has 176 valence electrons. The van der Waals surface area contributed by atoms with Crippen LogP contribution >= 0.6 is 0 Å². The molecule has 1 amide bonds. The maximum atomic E-state index is 12.8. The maximum absolute atomic E-state index is 12.8. The standard InChI is InChI=1S/C19H24O2.C6H11FN2O2/c1-2-17-8-14-9-18(11-17,15-6-4-3-5-7-15)13-19(10-14,12-17)16(20)21;7-4-3-9(6(10)11)2-1-5(4)8/h3-7,14H,2,8-13H2,1H3,(H,20,21);4-5H,1-3,8H2,(H,10,11)/t;4-,5-/m.0/s1. The number of alkyl halides is 1. The number of carboxylic acids is 1. The van der Waals surface area contributed by atoms with Gasteiger partial charge in [-0.15, -0.1) is 0 Å². The molecule has 1 aromatic rings. The Balaban J connectivity index is 0.000000189. The van der Waals surface area contributed by atoms with E-state index in [1.165, 1.54) is 24.8 Å². The zero-order valence-electron chi connectivity index (χ0n) is 18.8. The minimum Gasteiger partial charge on any atom is -0.481 e. The van der Waals surface area contributed by atoms with Gasteiger partial charge in [-0.05, 0) is 67.3 Å². The lowest BCUT2D eigenvalue weighted by Gasteiger charge is -2.65. The summed E-state index contributed by atoms with van der Waals surface area (Å²) in [5.74, 6) is 0.0715. The van der Waals surface area contributed by atoms with Gasteiger partial charge in [0.25, 0.3) is 0 Å². The third kappa shape index (κ3) is 4.00. The molecule has 5 fully saturated rings. The summed E-state index contributed by atoms with van der Waals surface area (Å²) in [5, 5.41) is 18.4. The molecule has 4 aliphatic carbocycles. The predicted octanol–water partition coefficient (Wildman–Crippen LogP) is 4.42. The second-order valence-electron chi connectivity index (χ2n) is 10.8. The van der Waals surface area contributed by atoms with Crippen molar-refractivity contribution in [3.63, 3.8) is 0 Å². The predicted molar refractivity (Wildman–Crippen MR) is 119 cm³/mol. The minimum atomic E-state index is -1.21. The van der Waals surface area contributed by atoms with E-state index in [2.05, 4.69) is 37.3 Å². The highest BCUT2D eigenvalue weighted by Crippen LogP contribution is 2.71. The van der Waals surface area contributed by atoms with Gasteiger partial charge in [-0.1, -0.05) is 43.7 Å². The van der Waals surface area contributed by atoms with Crippen LogP contribution in [0.25, 0.3) is 0 Å². The Morgan fingerprint density at radius 1 is 1.12 bits per heavy atom. The SMILES string of the molecule is CCC12CC3CC(C(=O)O)(C1)CC(c1ccccc1)(C3)C2.N[C@H]1CCN(C(=O)O)C[C@@H]1F. The lowest BCUT2D eigenvalue weighted by atomic mass is 9.38. The highest BCUT2D eigenvalue weighted by molar-refractivity contribution is 5.76. The van der Waals surface area contributed by atoms with Crippen LogP contribution in [0, 0.1) is 16.7 Å². The topological polar surface area (TPSA) is 104 Å². The van der Waals surface area contributed by atoms with E-state index in [-0.39, 0.29) is 17.4 Å². The number of amides is 1.